The van der Waals surface area contributed by atoms with Crippen LogP contribution in [0.15, 0.2) is 46.9 Å². The Morgan fingerprint density at radius 1 is 1.11 bits per heavy atom. The summed E-state index contributed by atoms with van der Waals surface area (Å²) in [5.41, 5.74) is 1.37. The lowest BCUT2D eigenvalue weighted by atomic mass is 10.0. The molecule has 1 heterocycles. The number of thioether (sulfide) groups is 1. The molecule has 2 aromatic rings. The van der Waals surface area contributed by atoms with E-state index in [1.54, 1.807) is 11.8 Å². The zero-order valence-electron chi connectivity index (χ0n) is 11.6. The Morgan fingerprint density at radius 2 is 1.84 bits per heavy atom. The highest BCUT2D eigenvalue weighted by Gasteiger charge is 2.05. The molecule has 102 valence electrons. The van der Waals surface area contributed by atoms with Gasteiger partial charge in [-0.25, -0.2) is 0 Å². The van der Waals surface area contributed by atoms with E-state index in [9.17, 15) is 0 Å². The number of nitrogens with one attached hydrogen (secondary N) is 1. The maximum atomic E-state index is 5.73. The summed E-state index contributed by atoms with van der Waals surface area (Å²) in [6.07, 6.45) is 2.09. The van der Waals surface area contributed by atoms with Crippen molar-refractivity contribution in [3.05, 3.63) is 59.5 Å². The zero-order chi connectivity index (χ0) is 13.5. The second-order valence-corrected chi connectivity index (χ2v) is 5.61. The largest absolute Gasteiger partial charge is 0.464 e. The first kappa shape index (κ1) is 14.2. The van der Waals surface area contributed by atoms with Crippen molar-refractivity contribution in [3.63, 3.8) is 0 Å². The van der Waals surface area contributed by atoms with E-state index in [0.717, 1.165) is 30.4 Å². The first-order chi connectivity index (χ1) is 9.29. The topological polar surface area (TPSA) is 25.2 Å². The molecular weight excluding hydrogens is 254 g/mol. The third-order valence-electron chi connectivity index (χ3n) is 3.12. The van der Waals surface area contributed by atoms with Gasteiger partial charge in [0.15, 0.2) is 0 Å². The molecule has 0 fully saturated rings. The molecular formula is C16H21NOS. The van der Waals surface area contributed by atoms with Gasteiger partial charge in [0.25, 0.3) is 0 Å². The van der Waals surface area contributed by atoms with Gasteiger partial charge in [0, 0.05) is 6.54 Å². The van der Waals surface area contributed by atoms with Crippen molar-refractivity contribution >= 4 is 11.8 Å². The van der Waals surface area contributed by atoms with Gasteiger partial charge in [-0.15, -0.1) is 0 Å². The Labute approximate surface area is 119 Å². The van der Waals surface area contributed by atoms with Crippen LogP contribution in [0.5, 0.6) is 0 Å². The summed E-state index contributed by atoms with van der Waals surface area (Å²) in [6, 6.07) is 14.7. The number of rotatable bonds is 7. The van der Waals surface area contributed by atoms with Crippen molar-refractivity contribution in [2.45, 2.75) is 25.1 Å². The molecule has 2 rings (SSSR count). The molecule has 0 bridgehead atoms. The molecule has 0 saturated heterocycles. The van der Waals surface area contributed by atoms with Crippen molar-refractivity contribution in [2.75, 3.05) is 12.8 Å². The minimum atomic E-state index is 0.516. The predicted molar refractivity (Wildman–Crippen MR) is 82.5 cm³/mol. The summed E-state index contributed by atoms with van der Waals surface area (Å²) in [6.45, 7) is 4.00. The molecule has 2 nitrogen and oxygen atoms in total. The zero-order valence-corrected chi connectivity index (χ0v) is 12.4. The van der Waals surface area contributed by atoms with Gasteiger partial charge >= 0.3 is 0 Å². The summed E-state index contributed by atoms with van der Waals surface area (Å²) in [5.74, 6) is 3.53. The fourth-order valence-electron chi connectivity index (χ4n) is 2.05. The minimum Gasteiger partial charge on any atom is -0.464 e. The molecule has 1 unspecified atom stereocenters. The Hall–Kier alpha value is -1.19. The van der Waals surface area contributed by atoms with Crippen LogP contribution in [-0.4, -0.2) is 12.8 Å². The number of furan rings is 1. The second kappa shape index (κ2) is 7.41. The van der Waals surface area contributed by atoms with Crippen molar-refractivity contribution in [2.24, 2.45) is 0 Å². The minimum absolute atomic E-state index is 0.516. The van der Waals surface area contributed by atoms with Gasteiger partial charge < -0.3 is 9.73 Å². The van der Waals surface area contributed by atoms with E-state index in [1.807, 2.05) is 0 Å². The molecule has 1 aromatic heterocycles. The highest BCUT2D eigenvalue weighted by Crippen LogP contribution is 2.15. The molecule has 0 saturated carbocycles. The first-order valence-corrected chi connectivity index (χ1v) is 8.01. The van der Waals surface area contributed by atoms with E-state index in [1.165, 1.54) is 5.56 Å². The quantitative estimate of drug-likeness (QED) is 0.825. The maximum Gasteiger partial charge on any atom is 0.118 e. The van der Waals surface area contributed by atoms with Crippen LogP contribution in [-0.2, 0) is 12.3 Å². The molecule has 0 aliphatic heterocycles. The van der Waals surface area contributed by atoms with Crippen molar-refractivity contribution in [1.29, 1.82) is 0 Å². The fourth-order valence-corrected chi connectivity index (χ4v) is 2.49. The lowest BCUT2D eigenvalue weighted by Crippen LogP contribution is -2.19. The first-order valence-electron chi connectivity index (χ1n) is 6.62. The Bertz CT molecular complexity index is 481. The molecule has 0 radical (unpaired) electrons. The van der Waals surface area contributed by atoms with E-state index in [0.29, 0.717) is 5.92 Å². The molecule has 1 atom stereocenters. The van der Waals surface area contributed by atoms with Crippen molar-refractivity contribution in [3.8, 4) is 0 Å². The van der Waals surface area contributed by atoms with Crippen LogP contribution in [0.2, 0.25) is 0 Å². The normalized spacial score (nSPS) is 12.5. The maximum absolute atomic E-state index is 5.73. The highest BCUT2D eigenvalue weighted by molar-refractivity contribution is 7.97. The lowest BCUT2D eigenvalue weighted by Gasteiger charge is -2.12. The van der Waals surface area contributed by atoms with Gasteiger partial charge in [0.1, 0.15) is 11.5 Å². The monoisotopic (exact) mass is 275 g/mol. The fraction of sp³-hybridized carbons (Fsp3) is 0.375. The average Bonchev–Trinajstić information content (AvgIpc) is 2.88. The highest BCUT2D eigenvalue weighted by atomic mass is 32.2. The number of hydrogen-bond donors (Lipinski definition) is 1. The third kappa shape index (κ3) is 4.44. The van der Waals surface area contributed by atoms with Gasteiger partial charge in [-0.1, -0.05) is 37.3 Å². The summed E-state index contributed by atoms with van der Waals surface area (Å²) in [7, 11) is 0. The van der Waals surface area contributed by atoms with Crippen molar-refractivity contribution in [1.82, 2.24) is 5.32 Å². The van der Waals surface area contributed by atoms with Crippen molar-refractivity contribution < 1.29 is 4.42 Å². The van der Waals surface area contributed by atoms with Crippen LogP contribution in [0.4, 0.5) is 0 Å². The molecule has 1 aromatic carbocycles. The smallest absolute Gasteiger partial charge is 0.118 e. The Morgan fingerprint density at radius 3 is 2.58 bits per heavy atom. The lowest BCUT2D eigenvalue weighted by molar-refractivity contribution is 0.455. The van der Waals surface area contributed by atoms with E-state index in [-0.39, 0.29) is 0 Å². The summed E-state index contributed by atoms with van der Waals surface area (Å²) < 4.78 is 5.73. The Balaban J connectivity index is 1.76. The molecule has 0 aliphatic rings. The number of hydrogen-bond acceptors (Lipinski definition) is 3. The molecule has 0 amide bonds. The van der Waals surface area contributed by atoms with E-state index in [2.05, 4.69) is 61.0 Å². The standard InChI is InChI=1S/C16H21NOS/c1-13(14-6-4-3-5-7-14)10-17-11-15-8-9-16(18-15)12-19-2/h3-9,13,17H,10-12H2,1-2H3. The molecule has 3 heteroatoms. The third-order valence-corrected chi connectivity index (χ3v) is 3.70. The number of benzene rings is 1. The summed E-state index contributed by atoms with van der Waals surface area (Å²) >= 11 is 1.78. The summed E-state index contributed by atoms with van der Waals surface area (Å²) in [5, 5.41) is 3.45. The van der Waals surface area contributed by atoms with Crippen LogP contribution < -0.4 is 5.32 Å². The second-order valence-electron chi connectivity index (χ2n) is 4.74. The average molecular weight is 275 g/mol. The molecule has 1 N–H and O–H groups in total. The predicted octanol–water partition coefficient (Wildman–Crippen LogP) is 4.04. The van der Waals surface area contributed by atoms with Gasteiger partial charge in [-0.05, 0) is 29.9 Å². The van der Waals surface area contributed by atoms with Crippen LogP contribution >= 0.6 is 11.8 Å². The van der Waals surface area contributed by atoms with Crippen LogP contribution in [0.3, 0.4) is 0 Å². The Kier molecular flexibility index (Phi) is 5.55. The SMILES string of the molecule is CSCc1ccc(CNCC(C)c2ccccc2)o1. The van der Waals surface area contributed by atoms with Crippen LogP contribution in [0.1, 0.15) is 29.9 Å². The van der Waals surface area contributed by atoms with Gasteiger partial charge in [-0.2, -0.15) is 11.8 Å². The molecule has 19 heavy (non-hydrogen) atoms. The summed E-state index contributed by atoms with van der Waals surface area (Å²) in [4.78, 5) is 0. The molecule has 0 aliphatic carbocycles. The van der Waals surface area contributed by atoms with Gasteiger partial charge in [-0.3, -0.25) is 0 Å². The van der Waals surface area contributed by atoms with Crippen LogP contribution in [0, 0.1) is 0 Å². The van der Waals surface area contributed by atoms with E-state index < -0.39 is 0 Å². The van der Waals surface area contributed by atoms with E-state index >= 15 is 0 Å². The van der Waals surface area contributed by atoms with Gasteiger partial charge in [0.05, 0.1) is 12.3 Å². The van der Waals surface area contributed by atoms with Gasteiger partial charge in [0.2, 0.25) is 0 Å². The van der Waals surface area contributed by atoms with Crippen LogP contribution in [0.25, 0.3) is 0 Å². The van der Waals surface area contributed by atoms with E-state index in [4.69, 9.17) is 4.42 Å². The molecule has 0 spiro atoms.